The second kappa shape index (κ2) is 13.1. The third-order valence-corrected chi connectivity index (χ3v) is 4.90. The predicted octanol–water partition coefficient (Wildman–Crippen LogP) is 6.09. The maximum Gasteiger partial charge on any atom is 0.222 e. The highest BCUT2D eigenvalue weighted by atomic mass is 19.2. The van der Waals surface area contributed by atoms with Gasteiger partial charge in [0, 0.05) is 6.07 Å². The number of hydrogen-bond donors (Lipinski definition) is 1. The molecule has 0 saturated carbocycles. The average Bonchev–Trinajstić information content (AvgIpc) is 2.64. The molecule has 0 fully saturated rings. The number of unbranched alkanes of at least 4 members (excludes halogenated alkanes) is 9. The summed E-state index contributed by atoms with van der Waals surface area (Å²) in [6.45, 7) is 5.50. The number of quaternary nitrogens is 1. The van der Waals surface area contributed by atoms with E-state index in [9.17, 15) is 17.6 Å². The highest BCUT2D eigenvalue weighted by Gasteiger charge is 2.25. The fourth-order valence-corrected chi connectivity index (χ4v) is 3.29. The lowest BCUT2D eigenvalue weighted by Gasteiger charge is -2.20. The van der Waals surface area contributed by atoms with E-state index in [1.54, 1.807) is 0 Å². The zero-order valence-electron chi connectivity index (χ0n) is 16.3. The van der Waals surface area contributed by atoms with Crippen molar-refractivity contribution in [1.29, 1.82) is 0 Å². The molecule has 0 aliphatic rings. The molecule has 1 aromatic rings. The van der Waals surface area contributed by atoms with Crippen LogP contribution in [0.4, 0.5) is 23.2 Å². The van der Waals surface area contributed by atoms with Gasteiger partial charge in [0.2, 0.25) is 11.6 Å². The number of hydrogen-bond acceptors (Lipinski definition) is 0. The summed E-state index contributed by atoms with van der Waals surface area (Å²) >= 11 is 0. The lowest BCUT2D eigenvalue weighted by molar-refractivity contribution is -0.834. The molecule has 150 valence electrons. The van der Waals surface area contributed by atoms with Gasteiger partial charge in [-0.05, 0) is 25.7 Å². The van der Waals surface area contributed by atoms with E-state index in [4.69, 9.17) is 0 Å². The molecule has 0 heterocycles. The van der Waals surface area contributed by atoms with Crippen LogP contribution in [0, 0.1) is 23.3 Å². The van der Waals surface area contributed by atoms with Crippen LogP contribution in [0.5, 0.6) is 0 Å². The van der Waals surface area contributed by atoms with Crippen LogP contribution in [0.1, 0.15) is 84.5 Å². The Kier molecular flexibility index (Phi) is 11.6. The molecule has 0 radical (unpaired) electrons. The summed E-state index contributed by atoms with van der Waals surface area (Å²) in [5, 5.41) is 0. The van der Waals surface area contributed by atoms with Crippen molar-refractivity contribution in [2.45, 2.75) is 84.5 Å². The summed E-state index contributed by atoms with van der Waals surface area (Å²) in [5.74, 6) is -6.00. The fraction of sp³-hybridized carbons (Fsp3) is 0.714. The molecule has 1 N–H and O–H groups in total. The first-order chi connectivity index (χ1) is 12.5. The predicted molar refractivity (Wildman–Crippen MR) is 98.8 cm³/mol. The number of nitrogens with one attached hydrogen (secondary N) is 1. The van der Waals surface area contributed by atoms with E-state index in [1.807, 2.05) is 0 Å². The van der Waals surface area contributed by atoms with Gasteiger partial charge in [-0.2, -0.15) is 4.39 Å². The van der Waals surface area contributed by atoms with Crippen molar-refractivity contribution in [3.63, 3.8) is 0 Å². The summed E-state index contributed by atoms with van der Waals surface area (Å²) in [7, 11) is 0. The van der Waals surface area contributed by atoms with Gasteiger partial charge in [0.25, 0.3) is 0 Å². The Balaban J connectivity index is 2.67. The Bertz CT molecular complexity index is 519. The van der Waals surface area contributed by atoms with Crippen LogP contribution < -0.4 is 4.90 Å². The highest BCUT2D eigenvalue weighted by molar-refractivity contribution is 5.33. The molecule has 1 rings (SSSR count). The van der Waals surface area contributed by atoms with Crippen LogP contribution in [-0.4, -0.2) is 13.1 Å². The zero-order chi connectivity index (χ0) is 19.4. The third-order valence-electron chi connectivity index (χ3n) is 4.90. The number of rotatable bonds is 14. The first kappa shape index (κ1) is 22.9. The maximum absolute atomic E-state index is 14.2. The Morgan fingerprint density at radius 1 is 0.615 bits per heavy atom. The van der Waals surface area contributed by atoms with Gasteiger partial charge < -0.3 is 0 Å². The van der Waals surface area contributed by atoms with Crippen LogP contribution >= 0.6 is 0 Å². The van der Waals surface area contributed by atoms with Crippen molar-refractivity contribution < 1.29 is 22.5 Å². The molecule has 0 aliphatic heterocycles. The minimum Gasteiger partial charge on any atom is -0.300 e. The minimum absolute atomic E-state index is 0.0797. The largest absolute Gasteiger partial charge is 0.300 e. The molecule has 1 aromatic carbocycles. The van der Waals surface area contributed by atoms with E-state index in [0.29, 0.717) is 18.0 Å². The van der Waals surface area contributed by atoms with E-state index < -0.39 is 23.3 Å². The van der Waals surface area contributed by atoms with Crippen LogP contribution in [0.2, 0.25) is 0 Å². The van der Waals surface area contributed by atoms with E-state index in [-0.39, 0.29) is 5.69 Å². The molecule has 0 amide bonds. The number of benzene rings is 1. The first-order valence-corrected chi connectivity index (χ1v) is 10.2. The van der Waals surface area contributed by atoms with Gasteiger partial charge in [-0.25, -0.2) is 13.2 Å². The summed E-state index contributed by atoms with van der Waals surface area (Å²) in [4.78, 5) is 0.713. The summed E-state index contributed by atoms with van der Waals surface area (Å²) in [6.07, 6.45) is 11.9. The van der Waals surface area contributed by atoms with Gasteiger partial charge in [0.05, 0.1) is 13.1 Å². The maximum atomic E-state index is 14.2. The van der Waals surface area contributed by atoms with Crippen LogP contribution in [-0.2, 0) is 0 Å². The zero-order valence-corrected chi connectivity index (χ0v) is 16.3. The van der Waals surface area contributed by atoms with Gasteiger partial charge in [-0.3, -0.25) is 4.90 Å². The lowest BCUT2D eigenvalue weighted by Crippen LogP contribution is -3.07. The Labute approximate surface area is 155 Å². The van der Waals surface area contributed by atoms with Gasteiger partial charge in [-0.1, -0.05) is 58.8 Å². The summed E-state index contributed by atoms with van der Waals surface area (Å²) in [6, 6.07) is 0.824. The van der Waals surface area contributed by atoms with Crippen molar-refractivity contribution in [3.8, 4) is 0 Å². The molecule has 0 aliphatic carbocycles. The molecule has 0 aromatic heterocycles. The molecule has 0 spiro atoms. The minimum atomic E-state index is -1.73. The van der Waals surface area contributed by atoms with Crippen LogP contribution in [0.15, 0.2) is 6.07 Å². The van der Waals surface area contributed by atoms with Crippen molar-refractivity contribution in [3.05, 3.63) is 29.3 Å². The van der Waals surface area contributed by atoms with Crippen molar-refractivity contribution in [2.75, 3.05) is 13.1 Å². The molecule has 0 saturated heterocycles. The summed E-state index contributed by atoms with van der Waals surface area (Å²) in [5.41, 5.74) is -0.0797. The monoisotopic (exact) mass is 376 g/mol. The number of halogens is 4. The van der Waals surface area contributed by atoms with Gasteiger partial charge >= 0.3 is 0 Å². The second-order valence-corrected chi connectivity index (χ2v) is 7.13. The van der Waals surface area contributed by atoms with Crippen molar-refractivity contribution >= 4 is 5.69 Å². The van der Waals surface area contributed by atoms with E-state index >= 15 is 0 Å². The van der Waals surface area contributed by atoms with Gasteiger partial charge in [0.15, 0.2) is 17.3 Å². The van der Waals surface area contributed by atoms with E-state index in [1.165, 1.54) is 25.7 Å². The molecule has 1 nitrogen and oxygen atoms in total. The smallest absolute Gasteiger partial charge is 0.222 e. The average molecular weight is 377 g/mol. The third kappa shape index (κ3) is 7.65. The molecule has 1 unspecified atom stereocenters. The van der Waals surface area contributed by atoms with Gasteiger partial charge in [0.1, 0.15) is 0 Å². The van der Waals surface area contributed by atoms with E-state index in [0.717, 1.165) is 51.0 Å². The lowest BCUT2D eigenvalue weighted by atomic mass is 10.1. The molecule has 26 heavy (non-hydrogen) atoms. The van der Waals surface area contributed by atoms with Crippen LogP contribution in [0.25, 0.3) is 0 Å². The SMILES string of the molecule is CCCCCCCCC[NH+](CCCCCC)c1cc(F)c(F)c(F)c1F. The normalized spacial score (nSPS) is 12.5. The van der Waals surface area contributed by atoms with E-state index in [2.05, 4.69) is 13.8 Å². The fourth-order valence-electron chi connectivity index (χ4n) is 3.29. The first-order valence-electron chi connectivity index (χ1n) is 10.2. The Morgan fingerprint density at radius 3 is 1.62 bits per heavy atom. The van der Waals surface area contributed by atoms with Crippen molar-refractivity contribution in [1.82, 2.24) is 0 Å². The quantitative estimate of drug-likeness (QED) is 0.173. The highest BCUT2D eigenvalue weighted by Crippen LogP contribution is 2.20. The van der Waals surface area contributed by atoms with Crippen molar-refractivity contribution in [2.24, 2.45) is 0 Å². The molecule has 1 atom stereocenters. The molecular weight excluding hydrogens is 342 g/mol. The Hall–Kier alpha value is -1.10. The second-order valence-electron chi connectivity index (χ2n) is 7.13. The molecular formula is C21H34F4N+. The van der Waals surface area contributed by atoms with Crippen LogP contribution in [0.3, 0.4) is 0 Å². The van der Waals surface area contributed by atoms with Gasteiger partial charge in [-0.15, -0.1) is 0 Å². The topological polar surface area (TPSA) is 4.44 Å². The standard InChI is InChI=1S/C21H33F4N/c1-3-5-7-9-10-11-13-15-26(14-12-8-6-4-2)18-16-17(22)19(23)21(25)20(18)24/h16H,3-15H2,1-2H3/p+1. The Morgan fingerprint density at radius 2 is 1.08 bits per heavy atom. The summed E-state index contributed by atoms with van der Waals surface area (Å²) < 4.78 is 54.6. The molecule has 0 bridgehead atoms. The molecule has 5 heteroatoms.